The van der Waals surface area contributed by atoms with Crippen LogP contribution in [0, 0.1) is 25.2 Å². The number of pyridine rings is 1. The lowest BCUT2D eigenvalue weighted by Gasteiger charge is -2.08. The Morgan fingerprint density at radius 1 is 1.38 bits per heavy atom. The Labute approximate surface area is 178 Å². The van der Waals surface area contributed by atoms with Gasteiger partial charge in [0.1, 0.15) is 22.5 Å². The molecule has 2 rings (SSSR count). The van der Waals surface area contributed by atoms with E-state index in [-0.39, 0.29) is 23.8 Å². The number of azo groups is 1. The molecule has 1 aromatic heterocycles. The Bertz CT molecular complexity index is 1020. The van der Waals surface area contributed by atoms with Crippen LogP contribution in [-0.2, 0) is 9.53 Å². The Morgan fingerprint density at radius 3 is 2.76 bits per heavy atom. The molecule has 2 aromatic rings. The van der Waals surface area contributed by atoms with Gasteiger partial charge in [0.2, 0.25) is 5.70 Å². The van der Waals surface area contributed by atoms with Crippen molar-refractivity contribution in [2.75, 3.05) is 12.4 Å². The number of nitrogens with zero attached hydrogens (tertiary/aromatic N) is 4. The summed E-state index contributed by atoms with van der Waals surface area (Å²) in [5.74, 6) is -1.19. The van der Waals surface area contributed by atoms with Crippen molar-refractivity contribution in [2.45, 2.75) is 25.8 Å². The third kappa shape index (κ3) is 6.04. The van der Waals surface area contributed by atoms with Crippen molar-refractivity contribution in [1.29, 1.82) is 5.26 Å². The average molecular weight is 431 g/mol. The maximum atomic E-state index is 12.2. The van der Waals surface area contributed by atoms with E-state index >= 15 is 0 Å². The van der Waals surface area contributed by atoms with Crippen LogP contribution >= 0.6 is 23.4 Å². The summed E-state index contributed by atoms with van der Waals surface area (Å²) in [6.07, 6.45) is 0. The molecule has 29 heavy (non-hydrogen) atoms. The first kappa shape index (κ1) is 22.4. The van der Waals surface area contributed by atoms with Crippen LogP contribution in [0.4, 0.5) is 5.69 Å². The molecule has 0 bridgehead atoms. The zero-order chi connectivity index (χ0) is 21.4. The van der Waals surface area contributed by atoms with Gasteiger partial charge in [-0.15, -0.1) is 10.2 Å². The summed E-state index contributed by atoms with van der Waals surface area (Å²) in [6, 6.07) is 10.6. The molecule has 7 nitrogen and oxygen atoms in total. The molecule has 0 saturated carbocycles. The number of halogens is 1. The Hall–Kier alpha value is -2.89. The first-order valence-corrected chi connectivity index (χ1v) is 10.00. The third-order valence-electron chi connectivity index (χ3n) is 3.62. The second kappa shape index (κ2) is 10.6. The number of nitriles is 1. The maximum absolute atomic E-state index is 12.2. The Kier molecular flexibility index (Phi) is 8.19. The van der Waals surface area contributed by atoms with E-state index in [0.29, 0.717) is 21.3 Å². The molecule has 0 aliphatic rings. The molecular formula is C20H19ClN4O3S. The number of aliphatic hydroxyl groups excluding tert-OH is 1. The van der Waals surface area contributed by atoms with E-state index in [0.717, 1.165) is 23.0 Å². The van der Waals surface area contributed by atoms with E-state index in [1.165, 1.54) is 0 Å². The number of carbonyl (C=O) groups is 1. The van der Waals surface area contributed by atoms with Crippen LogP contribution in [0.3, 0.4) is 0 Å². The number of hydrogen-bond donors (Lipinski definition) is 1. The van der Waals surface area contributed by atoms with Gasteiger partial charge in [-0.3, -0.25) is 0 Å². The molecule has 0 radical (unpaired) electrons. The molecule has 9 heteroatoms. The number of aryl methyl sites for hydroxylation is 2. The van der Waals surface area contributed by atoms with Gasteiger partial charge in [0.15, 0.2) is 0 Å². The fourth-order valence-electron chi connectivity index (χ4n) is 2.30. The maximum Gasteiger partial charge on any atom is 0.362 e. The summed E-state index contributed by atoms with van der Waals surface area (Å²) in [5, 5.41) is 28.5. The minimum absolute atomic E-state index is 0.0414. The zero-order valence-electron chi connectivity index (χ0n) is 16.1. The predicted molar refractivity (Wildman–Crippen MR) is 111 cm³/mol. The SMILES string of the molecule is CCOC(=O)C(N=Nc1ccccc1Cl)=C(O)CSc1nc(C)cc(C)c1C#N. The van der Waals surface area contributed by atoms with E-state index in [1.54, 1.807) is 37.3 Å². The molecule has 0 spiro atoms. The van der Waals surface area contributed by atoms with E-state index in [4.69, 9.17) is 16.3 Å². The third-order valence-corrected chi connectivity index (χ3v) is 4.93. The van der Waals surface area contributed by atoms with Crippen LogP contribution in [0.5, 0.6) is 0 Å². The highest BCUT2D eigenvalue weighted by Crippen LogP contribution is 2.28. The van der Waals surface area contributed by atoms with Gasteiger partial charge in [-0.05, 0) is 44.5 Å². The second-order valence-corrected chi connectivity index (χ2v) is 7.20. The smallest absolute Gasteiger partial charge is 0.362 e. The van der Waals surface area contributed by atoms with Crippen LogP contribution in [0.2, 0.25) is 5.02 Å². The quantitative estimate of drug-likeness (QED) is 0.206. The van der Waals surface area contributed by atoms with Gasteiger partial charge in [0.25, 0.3) is 0 Å². The van der Waals surface area contributed by atoms with E-state index in [2.05, 4.69) is 21.3 Å². The average Bonchev–Trinajstić information content (AvgIpc) is 2.67. The fraction of sp³-hybridized carbons (Fsp3) is 0.250. The molecule has 0 amide bonds. The van der Waals surface area contributed by atoms with Gasteiger partial charge in [0.05, 0.1) is 22.9 Å². The van der Waals surface area contributed by atoms with Gasteiger partial charge < -0.3 is 9.84 Å². The number of esters is 1. The van der Waals surface area contributed by atoms with Gasteiger partial charge in [-0.25, -0.2) is 9.78 Å². The molecule has 0 aliphatic carbocycles. The Balaban J connectivity index is 2.33. The van der Waals surface area contributed by atoms with Crippen molar-refractivity contribution in [3.8, 4) is 6.07 Å². The first-order chi connectivity index (χ1) is 13.9. The summed E-state index contributed by atoms with van der Waals surface area (Å²) in [6.45, 7) is 5.39. The standard InChI is InChI=1S/C20H19ClN4O3S/c1-4-28-20(27)18(25-24-16-8-6-5-7-15(16)21)17(26)11-29-19-14(10-22)12(2)9-13(3)23-19/h5-9,26H,4,11H2,1-3H3. The van der Waals surface area contributed by atoms with Gasteiger partial charge >= 0.3 is 5.97 Å². The largest absolute Gasteiger partial charge is 0.509 e. The lowest BCUT2D eigenvalue weighted by Crippen LogP contribution is -2.10. The summed E-state index contributed by atoms with van der Waals surface area (Å²) in [5.41, 5.74) is 1.97. The molecule has 1 aromatic carbocycles. The van der Waals surface area contributed by atoms with Crippen molar-refractivity contribution in [3.05, 3.63) is 63.6 Å². The lowest BCUT2D eigenvalue weighted by atomic mass is 10.1. The number of thioether (sulfide) groups is 1. The number of aliphatic hydroxyl groups is 1. The zero-order valence-corrected chi connectivity index (χ0v) is 17.7. The van der Waals surface area contributed by atoms with E-state index < -0.39 is 5.97 Å². The number of benzene rings is 1. The van der Waals surface area contributed by atoms with E-state index in [1.807, 2.05) is 13.8 Å². The Morgan fingerprint density at radius 2 is 2.10 bits per heavy atom. The fourth-order valence-corrected chi connectivity index (χ4v) is 3.44. The topological polar surface area (TPSA) is 108 Å². The number of hydrogen-bond acceptors (Lipinski definition) is 8. The summed E-state index contributed by atoms with van der Waals surface area (Å²) < 4.78 is 4.96. The number of carbonyl (C=O) groups excluding carboxylic acids is 1. The molecule has 0 aliphatic heterocycles. The molecule has 150 valence electrons. The van der Waals surface area contributed by atoms with Crippen molar-refractivity contribution in [1.82, 2.24) is 4.98 Å². The summed E-state index contributed by atoms with van der Waals surface area (Å²) in [4.78, 5) is 16.6. The molecule has 0 fully saturated rings. The molecule has 0 unspecified atom stereocenters. The van der Waals surface area contributed by atoms with Gasteiger partial charge in [0, 0.05) is 5.69 Å². The highest BCUT2D eigenvalue weighted by Gasteiger charge is 2.18. The number of rotatable bonds is 7. The van der Waals surface area contributed by atoms with Crippen molar-refractivity contribution >= 4 is 35.0 Å². The molecule has 0 saturated heterocycles. The predicted octanol–water partition coefficient (Wildman–Crippen LogP) is 5.43. The highest BCUT2D eigenvalue weighted by molar-refractivity contribution is 7.99. The van der Waals surface area contributed by atoms with Crippen LogP contribution in [-0.4, -0.2) is 28.4 Å². The van der Waals surface area contributed by atoms with E-state index in [9.17, 15) is 15.2 Å². The number of ether oxygens (including phenoxy) is 1. The van der Waals surface area contributed by atoms with Crippen LogP contribution in [0.25, 0.3) is 0 Å². The van der Waals surface area contributed by atoms with Crippen molar-refractivity contribution in [3.63, 3.8) is 0 Å². The summed E-state index contributed by atoms with van der Waals surface area (Å²) in [7, 11) is 0. The second-order valence-electron chi connectivity index (χ2n) is 5.83. The minimum atomic E-state index is -0.810. The van der Waals surface area contributed by atoms with Crippen LogP contribution < -0.4 is 0 Å². The molecule has 0 atom stereocenters. The van der Waals surface area contributed by atoms with Crippen molar-refractivity contribution in [2.24, 2.45) is 10.2 Å². The monoisotopic (exact) mass is 430 g/mol. The first-order valence-electron chi connectivity index (χ1n) is 8.64. The van der Waals surface area contributed by atoms with Gasteiger partial charge in [-0.2, -0.15) is 5.26 Å². The normalized spacial score (nSPS) is 11.8. The number of aromatic nitrogens is 1. The lowest BCUT2D eigenvalue weighted by molar-refractivity contribution is -0.138. The summed E-state index contributed by atoms with van der Waals surface area (Å²) >= 11 is 7.16. The highest BCUT2D eigenvalue weighted by atomic mass is 35.5. The van der Waals surface area contributed by atoms with Crippen LogP contribution in [0.1, 0.15) is 23.7 Å². The van der Waals surface area contributed by atoms with Crippen LogP contribution in [0.15, 0.2) is 57.0 Å². The molecule has 1 heterocycles. The van der Waals surface area contributed by atoms with Gasteiger partial charge in [-0.1, -0.05) is 35.5 Å². The minimum Gasteiger partial charge on any atom is -0.509 e. The molecule has 1 N–H and O–H groups in total. The van der Waals surface area contributed by atoms with Crippen molar-refractivity contribution < 1.29 is 14.6 Å². The molecular weight excluding hydrogens is 412 g/mol.